The van der Waals surface area contributed by atoms with Gasteiger partial charge in [-0.3, -0.25) is 0 Å². The second-order valence-corrected chi connectivity index (χ2v) is 5.26. The van der Waals surface area contributed by atoms with Gasteiger partial charge in [-0.1, -0.05) is 12.1 Å². The maximum absolute atomic E-state index is 5.74. The molecule has 0 fully saturated rings. The number of ether oxygens (including phenoxy) is 2. The quantitative estimate of drug-likeness (QED) is 0.755. The van der Waals surface area contributed by atoms with Gasteiger partial charge in [-0.15, -0.1) is 0 Å². The molecule has 0 bridgehead atoms. The number of rotatable bonds is 7. The van der Waals surface area contributed by atoms with Crippen LogP contribution in [0.4, 0.5) is 0 Å². The Morgan fingerprint density at radius 1 is 1.06 bits per heavy atom. The Kier molecular flexibility index (Phi) is 5.99. The summed E-state index contributed by atoms with van der Waals surface area (Å²) < 4.78 is 11.2. The zero-order valence-corrected chi connectivity index (χ0v) is 12.0. The average Bonchev–Trinajstić information content (AvgIpc) is 2.29. The molecule has 0 amide bonds. The van der Waals surface area contributed by atoms with Crippen molar-refractivity contribution in [2.24, 2.45) is 0 Å². The Hall–Kier alpha value is -1.22. The van der Waals surface area contributed by atoms with Gasteiger partial charge in [0.2, 0.25) is 0 Å². The van der Waals surface area contributed by atoms with Crippen LogP contribution in [0.5, 0.6) is 11.5 Å². The number of nitrogens with one attached hydrogen (secondary N) is 1. The molecule has 0 heterocycles. The van der Waals surface area contributed by atoms with Gasteiger partial charge in [-0.2, -0.15) is 0 Å². The van der Waals surface area contributed by atoms with E-state index in [1.807, 2.05) is 31.2 Å². The van der Waals surface area contributed by atoms with E-state index in [-0.39, 0.29) is 5.54 Å². The van der Waals surface area contributed by atoms with Crippen LogP contribution in [0.1, 0.15) is 34.1 Å². The van der Waals surface area contributed by atoms with Gasteiger partial charge in [0.05, 0.1) is 13.2 Å². The van der Waals surface area contributed by atoms with Crippen molar-refractivity contribution in [3.8, 4) is 11.5 Å². The first-order valence-electron chi connectivity index (χ1n) is 6.62. The Balaban J connectivity index is 2.31. The van der Waals surface area contributed by atoms with E-state index in [4.69, 9.17) is 9.47 Å². The molecule has 0 aliphatic rings. The average molecular weight is 251 g/mol. The molecule has 1 N–H and O–H groups in total. The highest BCUT2D eigenvalue weighted by Crippen LogP contribution is 2.26. The lowest BCUT2D eigenvalue weighted by atomic mass is 10.1. The molecule has 0 saturated carbocycles. The van der Waals surface area contributed by atoms with Crippen LogP contribution in [0.25, 0.3) is 0 Å². The second kappa shape index (κ2) is 7.27. The molecule has 1 aromatic rings. The van der Waals surface area contributed by atoms with Gasteiger partial charge in [0, 0.05) is 5.54 Å². The molecule has 1 rings (SSSR count). The highest BCUT2D eigenvalue weighted by Gasteiger charge is 2.07. The summed E-state index contributed by atoms with van der Waals surface area (Å²) in [5, 5.41) is 3.44. The van der Waals surface area contributed by atoms with Gasteiger partial charge in [-0.05, 0) is 52.8 Å². The largest absolute Gasteiger partial charge is 0.490 e. The van der Waals surface area contributed by atoms with Crippen molar-refractivity contribution in [3.05, 3.63) is 24.3 Å². The molecule has 0 spiro atoms. The van der Waals surface area contributed by atoms with Gasteiger partial charge in [0.15, 0.2) is 11.5 Å². The Morgan fingerprint density at radius 3 is 2.22 bits per heavy atom. The minimum absolute atomic E-state index is 0.170. The molecule has 3 nitrogen and oxygen atoms in total. The van der Waals surface area contributed by atoms with E-state index >= 15 is 0 Å². The van der Waals surface area contributed by atoms with Crippen molar-refractivity contribution in [1.29, 1.82) is 0 Å². The molecule has 102 valence electrons. The van der Waals surface area contributed by atoms with Gasteiger partial charge in [0.25, 0.3) is 0 Å². The smallest absolute Gasteiger partial charge is 0.161 e. The van der Waals surface area contributed by atoms with Crippen LogP contribution in [0.3, 0.4) is 0 Å². The van der Waals surface area contributed by atoms with Crippen LogP contribution in [-0.4, -0.2) is 25.3 Å². The first-order chi connectivity index (χ1) is 8.53. The van der Waals surface area contributed by atoms with Crippen molar-refractivity contribution >= 4 is 0 Å². The van der Waals surface area contributed by atoms with Crippen LogP contribution in [0, 0.1) is 0 Å². The number of hydrogen-bond acceptors (Lipinski definition) is 3. The predicted molar refractivity (Wildman–Crippen MR) is 75.5 cm³/mol. The Morgan fingerprint density at radius 2 is 1.67 bits per heavy atom. The normalized spacial score (nSPS) is 11.3. The predicted octanol–water partition coefficient (Wildman–Crippen LogP) is 3.24. The lowest BCUT2D eigenvalue weighted by Gasteiger charge is -2.20. The Bertz CT molecular complexity index is 345. The van der Waals surface area contributed by atoms with Crippen molar-refractivity contribution in [2.45, 2.75) is 39.7 Å². The van der Waals surface area contributed by atoms with Gasteiger partial charge in [-0.25, -0.2) is 0 Å². The lowest BCUT2D eigenvalue weighted by Crippen LogP contribution is -2.36. The van der Waals surface area contributed by atoms with Crippen LogP contribution < -0.4 is 14.8 Å². The zero-order valence-electron chi connectivity index (χ0n) is 12.0. The zero-order chi connectivity index (χ0) is 13.4. The summed E-state index contributed by atoms with van der Waals surface area (Å²) in [6.45, 7) is 10.8. The Labute approximate surface area is 110 Å². The molecule has 3 heteroatoms. The van der Waals surface area contributed by atoms with E-state index < -0.39 is 0 Å². The monoisotopic (exact) mass is 251 g/mol. The first kappa shape index (κ1) is 14.8. The van der Waals surface area contributed by atoms with Crippen LogP contribution in [0.15, 0.2) is 24.3 Å². The first-order valence-corrected chi connectivity index (χ1v) is 6.62. The van der Waals surface area contributed by atoms with E-state index in [0.717, 1.165) is 24.5 Å². The molecular weight excluding hydrogens is 226 g/mol. The summed E-state index contributed by atoms with van der Waals surface area (Å²) in [7, 11) is 0. The van der Waals surface area contributed by atoms with Gasteiger partial charge >= 0.3 is 0 Å². The molecule has 0 aliphatic heterocycles. The van der Waals surface area contributed by atoms with E-state index in [2.05, 4.69) is 26.1 Å². The third kappa shape index (κ3) is 5.92. The summed E-state index contributed by atoms with van der Waals surface area (Å²) in [5.41, 5.74) is 0.170. The molecule has 0 saturated heterocycles. The summed E-state index contributed by atoms with van der Waals surface area (Å²) >= 11 is 0. The molecular formula is C15H25NO2. The molecule has 1 aromatic carbocycles. The lowest BCUT2D eigenvalue weighted by molar-refractivity contribution is 0.268. The fourth-order valence-corrected chi connectivity index (χ4v) is 1.56. The van der Waals surface area contributed by atoms with Crippen LogP contribution in [0.2, 0.25) is 0 Å². The highest BCUT2D eigenvalue weighted by atomic mass is 16.5. The minimum atomic E-state index is 0.170. The van der Waals surface area contributed by atoms with Crippen LogP contribution >= 0.6 is 0 Å². The van der Waals surface area contributed by atoms with E-state index in [1.54, 1.807) is 0 Å². The molecule has 0 radical (unpaired) electrons. The van der Waals surface area contributed by atoms with Gasteiger partial charge < -0.3 is 14.8 Å². The third-order valence-electron chi connectivity index (χ3n) is 2.38. The van der Waals surface area contributed by atoms with Crippen molar-refractivity contribution in [1.82, 2.24) is 5.32 Å². The minimum Gasteiger partial charge on any atom is -0.490 e. The number of hydrogen-bond donors (Lipinski definition) is 1. The fourth-order valence-electron chi connectivity index (χ4n) is 1.56. The standard InChI is InChI=1S/C15H25NO2/c1-5-17-13-9-6-7-10-14(13)18-12-8-11-16-15(2,3)4/h6-7,9-10,16H,5,8,11-12H2,1-4H3. The molecule has 0 aromatic heterocycles. The molecule has 18 heavy (non-hydrogen) atoms. The third-order valence-corrected chi connectivity index (χ3v) is 2.38. The summed E-state index contributed by atoms with van der Waals surface area (Å²) in [6, 6.07) is 7.80. The van der Waals surface area contributed by atoms with E-state index in [9.17, 15) is 0 Å². The molecule has 0 aliphatic carbocycles. The van der Waals surface area contributed by atoms with Crippen LogP contribution in [-0.2, 0) is 0 Å². The molecule has 0 unspecified atom stereocenters. The summed E-state index contributed by atoms with van der Waals surface area (Å²) in [4.78, 5) is 0. The number of para-hydroxylation sites is 2. The summed E-state index contributed by atoms with van der Waals surface area (Å²) in [6.07, 6.45) is 0.984. The van der Waals surface area contributed by atoms with E-state index in [1.165, 1.54) is 0 Å². The van der Waals surface area contributed by atoms with E-state index in [0.29, 0.717) is 13.2 Å². The fraction of sp³-hybridized carbons (Fsp3) is 0.600. The maximum atomic E-state index is 5.74. The molecule has 0 atom stereocenters. The summed E-state index contributed by atoms with van der Waals surface area (Å²) in [5.74, 6) is 1.65. The maximum Gasteiger partial charge on any atom is 0.161 e. The second-order valence-electron chi connectivity index (χ2n) is 5.26. The van der Waals surface area contributed by atoms with Crippen molar-refractivity contribution in [3.63, 3.8) is 0 Å². The topological polar surface area (TPSA) is 30.5 Å². The van der Waals surface area contributed by atoms with Gasteiger partial charge in [0.1, 0.15) is 0 Å². The SMILES string of the molecule is CCOc1ccccc1OCCCNC(C)(C)C. The number of benzene rings is 1. The van der Waals surface area contributed by atoms with Crippen molar-refractivity contribution < 1.29 is 9.47 Å². The van der Waals surface area contributed by atoms with Crippen molar-refractivity contribution in [2.75, 3.05) is 19.8 Å². The highest BCUT2D eigenvalue weighted by molar-refractivity contribution is 5.39.